The van der Waals surface area contributed by atoms with Gasteiger partial charge in [-0.2, -0.15) is 0 Å². The standard InChI is InChI=1S/C18H18N2O6S/c1-11(26-18(22)13-6-4-5-7-16(13)27-3)17(21)19-14-10-12(20(23)24)8-9-15(14)25-2/h4-11H,1-3H3,(H,19,21)/t11-/m0/s1. The molecule has 0 aliphatic heterocycles. The molecule has 0 saturated carbocycles. The fourth-order valence-electron chi connectivity index (χ4n) is 2.23. The second-order valence-electron chi connectivity index (χ2n) is 5.38. The number of ether oxygens (including phenoxy) is 2. The van der Waals surface area contributed by atoms with Gasteiger partial charge in [-0.1, -0.05) is 12.1 Å². The Labute approximate surface area is 160 Å². The van der Waals surface area contributed by atoms with E-state index in [1.807, 2.05) is 6.26 Å². The third-order valence-electron chi connectivity index (χ3n) is 3.63. The number of rotatable bonds is 7. The van der Waals surface area contributed by atoms with E-state index >= 15 is 0 Å². The molecule has 27 heavy (non-hydrogen) atoms. The first-order valence-electron chi connectivity index (χ1n) is 7.84. The topological polar surface area (TPSA) is 108 Å². The maximum Gasteiger partial charge on any atom is 0.340 e. The molecule has 1 N–H and O–H groups in total. The van der Waals surface area contributed by atoms with Crippen LogP contribution in [0.25, 0.3) is 0 Å². The highest BCUT2D eigenvalue weighted by Gasteiger charge is 2.22. The monoisotopic (exact) mass is 390 g/mol. The third-order valence-corrected chi connectivity index (χ3v) is 4.43. The van der Waals surface area contributed by atoms with E-state index in [4.69, 9.17) is 9.47 Å². The Kier molecular flexibility index (Phi) is 6.78. The summed E-state index contributed by atoms with van der Waals surface area (Å²) in [5, 5.41) is 13.4. The lowest BCUT2D eigenvalue weighted by molar-refractivity contribution is -0.384. The van der Waals surface area contributed by atoms with Gasteiger partial charge in [-0.3, -0.25) is 14.9 Å². The third kappa shape index (κ3) is 4.98. The van der Waals surface area contributed by atoms with Crippen LogP contribution in [0.4, 0.5) is 11.4 Å². The van der Waals surface area contributed by atoms with E-state index in [1.54, 1.807) is 24.3 Å². The Balaban J connectivity index is 2.13. The van der Waals surface area contributed by atoms with Crippen LogP contribution in [0.15, 0.2) is 47.4 Å². The highest BCUT2D eigenvalue weighted by atomic mass is 32.2. The van der Waals surface area contributed by atoms with Gasteiger partial charge >= 0.3 is 5.97 Å². The number of thioether (sulfide) groups is 1. The second kappa shape index (κ2) is 9.04. The molecule has 8 nitrogen and oxygen atoms in total. The van der Waals surface area contributed by atoms with E-state index in [-0.39, 0.29) is 17.1 Å². The lowest BCUT2D eigenvalue weighted by Crippen LogP contribution is -2.30. The van der Waals surface area contributed by atoms with Crippen LogP contribution in [-0.4, -0.2) is 36.3 Å². The molecule has 0 bridgehead atoms. The number of carbonyl (C=O) groups excluding carboxylic acids is 2. The highest BCUT2D eigenvalue weighted by Crippen LogP contribution is 2.29. The smallest absolute Gasteiger partial charge is 0.340 e. The van der Waals surface area contributed by atoms with Gasteiger partial charge in [0.1, 0.15) is 5.75 Å². The highest BCUT2D eigenvalue weighted by molar-refractivity contribution is 7.98. The van der Waals surface area contributed by atoms with Gasteiger partial charge in [-0.15, -0.1) is 11.8 Å². The molecule has 0 spiro atoms. The predicted molar refractivity (Wildman–Crippen MR) is 101 cm³/mol. The van der Waals surface area contributed by atoms with Crippen molar-refractivity contribution in [2.75, 3.05) is 18.7 Å². The number of nitrogens with one attached hydrogen (secondary N) is 1. The van der Waals surface area contributed by atoms with Crippen molar-refractivity contribution in [1.29, 1.82) is 0 Å². The van der Waals surface area contributed by atoms with Crippen molar-refractivity contribution < 1.29 is 24.0 Å². The van der Waals surface area contributed by atoms with E-state index in [0.29, 0.717) is 5.56 Å². The molecule has 0 aliphatic rings. The number of anilines is 1. The van der Waals surface area contributed by atoms with Crippen LogP contribution >= 0.6 is 11.8 Å². The summed E-state index contributed by atoms with van der Waals surface area (Å²) in [6.07, 6.45) is 0.716. The summed E-state index contributed by atoms with van der Waals surface area (Å²) >= 11 is 1.39. The molecule has 0 radical (unpaired) electrons. The molecule has 0 saturated heterocycles. The molecule has 2 aromatic carbocycles. The van der Waals surface area contributed by atoms with Gasteiger partial charge < -0.3 is 14.8 Å². The first-order valence-corrected chi connectivity index (χ1v) is 9.07. The maximum absolute atomic E-state index is 12.4. The molecule has 1 amide bonds. The van der Waals surface area contributed by atoms with E-state index in [2.05, 4.69) is 5.32 Å². The second-order valence-corrected chi connectivity index (χ2v) is 6.23. The molecule has 9 heteroatoms. The fourth-order valence-corrected chi connectivity index (χ4v) is 2.82. The Morgan fingerprint density at radius 1 is 1.22 bits per heavy atom. The SMILES string of the molecule is COc1ccc([N+](=O)[O-])cc1NC(=O)[C@H](C)OC(=O)c1ccccc1SC. The van der Waals surface area contributed by atoms with Crippen molar-refractivity contribution in [3.05, 3.63) is 58.1 Å². The molecular weight excluding hydrogens is 372 g/mol. The van der Waals surface area contributed by atoms with Gasteiger partial charge in [0.25, 0.3) is 11.6 Å². The number of carbonyl (C=O) groups is 2. The number of benzene rings is 2. The molecule has 2 aromatic rings. The van der Waals surface area contributed by atoms with Crippen molar-refractivity contribution in [1.82, 2.24) is 0 Å². The number of nitrogens with zero attached hydrogens (tertiary/aromatic N) is 1. The van der Waals surface area contributed by atoms with Gasteiger partial charge in [-0.25, -0.2) is 4.79 Å². The van der Waals surface area contributed by atoms with Gasteiger partial charge in [-0.05, 0) is 31.4 Å². The summed E-state index contributed by atoms with van der Waals surface area (Å²) < 4.78 is 10.3. The Bertz CT molecular complexity index is 871. The number of amides is 1. The number of hydrogen-bond donors (Lipinski definition) is 1. The molecule has 0 aliphatic carbocycles. The lowest BCUT2D eigenvalue weighted by Gasteiger charge is -2.16. The van der Waals surface area contributed by atoms with Crippen LogP contribution in [0.2, 0.25) is 0 Å². The number of methoxy groups -OCH3 is 1. The molecular formula is C18H18N2O6S. The van der Waals surface area contributed by atoms with Gasteiger partial charge in [0.15, 0.2) is 6.10 Å². The zero-order chi connectivity index (χ0) is 20.0. The molecule has 0 heterocycles. The number of esters is 1. The van der Waals surface area contributed by atoms with Crippen molar-refractivity contribution in [2.24, 2.45) is 0 Å². The summed E-state index contributed by atoms with van der Waals surface area (Å²) in [4.78, 5) is 35.8. The molecule has 1 atom stereocenters. The largest absolute Gasteiger partial charge is 0.495 e. The average Bonchev–Trinajstić information content (AvgIpc) is 2.67. The van der Waals surface area contributed by atoms with Crippen molar-refractivity contribution in [3.8, 4) is 5.75 Å². The first-order chi connectivity index (χ1) is 12.9. The number of nitro benzene ring substituents is 1. The quantitative estimate of drug-likeness (QED) is 0.333. The molecule has 0 fully saturated rings. The van der Waals surface area contributed by atoms with Crippen LogP contribution in [0.3, 0.4) is 0 Å². The molecule has 0 aromatic heterocycles. The average molecular weight is 390 g/mol. The summed E-state index contributed by atoms with van der Waals surface area (Å²) in [5.41, 5.74) is 0.270. The molecule has 2 rings (SSSR count). The van der Waals surface area contributed by atoms with E-state index in [0.717, 1.165) is 4.90 Å². The van der Waals surface area contributed by atoms with E-state index < -0.39 is 22.9 Å². The minimum atomic E-state index is -1.11. The summed E-state index contributed by atoms with van der Waals surface area (Å²) in [6, 6.07) is 10.7. The Morgan fingerprint density at radius 3 is 2.56 bits per heavy atom. The first kappa shape index (κ1) is 20.2. The molecule has 0 unspecified atom stereocenters. The van der Waals surface area contributed by atoms with Crippen LogP contribution in [0.1, 0.15) is 17.3 Å². The van der Waals surface area contributed by atoms with Gasteiger partial charge in [0.05, 0.1) is 23.3 Å². The number of hydrogen-bond acceptors (Lipinski definition) is 7. The Morgan fingerprint density at radius 2 is 1.93 bits per heavy atom. The summed E-state index contributed by atoms with van der Waals surface area (Å²) in [7, 11) is 1.37. The number of non-ortho nitro benzene ring substituents is 1. The fraction of sp³-hybridized carbons (Fsp3) is 0.222. The zero-order valence-corrected chi connectivity index (χ0v) is 15.7. The summed E-state index contributed by atoms with van der Waals surface area (Å²) in [5.74, 6) is -1.02. The molecule has 142 valence electrons. The van der Waals surface area contributed by atoms with Crippen LogP contribution in [0, 0.1) is 10.1 Å². The van der Waals surface area contributed by atoms with Gasteiger partial charge in [0.2, 0.25) is 0 Å². The van der Waals surface area contributed by atoms with E-state index in [1.165, 1.54) is 44.0 Å². The minimum absolute atomic E-state index is 0.115. The summed E-state index contributed by atoms with van der Waals surface area (Å²) in [6.45, 7) is 1.42. The number of nitro groups is 1. The van der Waals surface area contributed by atoms with Crippen molar-refractivity contribution in [2.45, 2.75) is 17.9 Å². The van der Waals surface area contributed by atoms with Crippen molar-refractivity contribution >= 4 is 35.0 Å². The zero-order valence-electron chi connectivity index (χ0n) is 14.9. The van der Waals surface area contributed by atoms with Crippen molar-refractivity contribution in [3.63, 3.8) is 0 Å². The van der Waals surface area contributed by atoms with Crippen LogP contribution in [0.5, 0.6) is 5.75 Å². The Hall–Kier alpha value is -3.07. The maximum atomic E-state index is 12.4. The normalized spacial score (nSPS) is 11.4. The van der Waals surface area contributed by atoms with E-state index in [9.17, 15) is 19.7 Å². The predicted octanol–water partition coefficient (Wildman–Crippen LogP) is 3.51. The van der Waals surface area contributed by atoms with Crippen LogP contribution < -0.4 is 10.1 Å². The lowest BCUT2D eigenvalue weighted by atomic mass is 10.2. The van der Waals surface area contributed by atoms with Crippen LogP contribution in [-0.2, 0) is 9.53 Å². The van der Waals surface area contributed by atoms with Gasteiger partial charge in [0, 0.05) is 17.0 Å². The minimum Gasteiger partial charge on any atom is -0.495 e.